The van der Waals surface area contributed by atoms with Crippen LogP contribution in [0.5, 0.6) is 17.2 Å². The average Bonchev–Trinajstić information content (AvgIpc) is 2.75. The number of rotatable bonds is 4. The van der Waals surface area contributed by atoms with Crippen molar-refractivity contribution in [1.82, 2.24) is 4.31 Å². The van der Waals surface area contributed by atoms with E-state index in [0.29, 0.717) is 43.3 Å². The maximum absolute atomic E-state index is 13.0. The van der Waals surface area contributed by atoms with Crippen molar-refractivity contribution in [3.63, 3.8) is 0 Å². The first-order valence-corrected chi connectivity index (χ1v) is 11.5. The molecule has 30 heavy (non-hydrogen) atoms. The van der Waals surface area contributed by atoms with Crippen molar-refractivity contribution in [2.24, 2.45) is 5.92 Å². The highest BCUT2D eigenvalue weighted by Crippen LogP contribution is 2.34. The predicted octanol–water partition coefficient (Wildman–Crippen LogP) is 3.08. The molecule has 0 bridgehead atoms. The minimum atomic E-state index is -3.67. The van der Waals surface area contributed by atoms with Gasteiger partial charge in [0.25, 0.3) is 0 Å². The van der Waals surface area contributed by atoms with Gasteiger partial charge < -0.3 is 14.2 Å². The molecule has 2 aromatic rings. The molecule has 0 N–H and O–H groups in total. The van der Waals surface area contributed by atoms with Crippen LogP contribution in [-0.4, -0.2) is 45.0 Å². The Labute approximate surface area is 176 Å². The Hall–Kier alpha value is -2.58. The number of carbonyl (C=O) groups is 1. The molecule has 8 heteroatoms. The van der Waals surface area contributed by atoms with Crippen molar-refractivity contribution in [1.29, 1.82) is 0 Å². The average molecular weight is 432 g/mol. The number of aryl methyl sites for hydroxylation is 2. The molecule has 1 fully saturated rings. The second kappa shape index (κ2) is 8.28. The van der Waals surface area contributed by atoms with E-state index in [1.807, 2.05) is 26.0 Å². The molecule has 0 atom stereocenters. The molecule has 2 aliphatic heterocycles. The summed E-state index contributed by atoms with van der Waals surface area (Å²) in [6.45, 7) is 5.26. The first kappa shape index (κ1) is 20.7. The number of sulfonamides is 1. The number of hydrogen-bond acceptors (Lipinski definition) is 6. The minimum Gasteiger partial charge on any atom is -0.486 e. The smallest absolute Gasteiger partial charge is 0.314 e. The minimum absolute atomic E-state index is 0.169. The summed E-state index contributed by atoms with van der Waals surface area (Å²) in [6.07, 6.45) is 0.848. The van der Waals surface area contributed by atoms with Crippen molar-refractivity contribution in [2.45, 2.75) is 31.6 Å². The number of fused-ring (bicyclic) bond motifs is 1. The van der Waals surface area contributed by atoms with E-state index in [2.05, 4.69) is 0 Å². The molecule has 0 aromatic heterocycles. The van der Waals surface area contributed by atoms with Crippen LogP contribution in [0.1, 0.15) is 24.0 Å². The van der Waals surface area contributed by atoms with E-state index >= 15 is 0 Å². The zero-order valence-corrected chi connectivity index (χ0v) is 17.9. The van der Waals surface area contributed by atoms with Gasteiger partial charge in [-0.05, 0) is 50.5 Å². The third-order valence-electron chi connectivity index (χ3n) is 5.48. The molecule has 0 unspecified atom stereocenters. The van der Waals surface area contributed by atoms with Crippen LogP contribution in [0.2, 0.25) is 0 Å². The summed E-state index contributed by atoms with van der Waals surface area (Å²) in [6, 6.07) is 10.3. The van der Waals surface area contributed by atoms with Gasteiger partial charge in [-0.15, -0.1) is 0 Å². The van der Waals surface area contributed by atoms with Gasteiger partial charge in [0.15, 0.2) is 11.5 Å². The van der Waals surface area contributed by atoms with Crippen LogP contribution in [-0.2, 0) is 14.8 Å². The highest BCUT2D eigenvalue weighted by atomic mass is 32.2. The Balaban J connectivity index is 1.40. The van der Waals surface area contributed by atoms with Crippen LogP contribution in [0.4, 0.5) is 0 Å². The lowest BCUT2D eigenvalue weighted by Gasteiger charge is -2.30. The van der Waals surface area contributed by atoms with Gasteiger partial charge in [0.1, 0.15) is 19.0 Å². The molecular weight excluding hydrogens is 406 g/mol. The lowest BCUT2D eigenvalue weighted by molar-refractivity contribution is -0.140. The lowest BCUT2D eigenvalue weighted by Crippen LogP contribution is -2.41. The van der Waals surface area contributed by atoms with Crippen molar-refractivity contribution < 1.29 is 27.4 Å². The molecule has 2 aromatic carbocycles. The SMILES string of the molecule is Cc1ccc(OC(=O)C2CCN(S(=O)(=O)c3ccc4c(c3)OCCO4)CC2)c(C)c1. The lowest BCUT2D eigenvalue weighted by atomic mass is 9.98. The van der Waals surface area contributed by atoms with E-state index < -0.39 is 10.0 Å². The van der Waals surface area contributed by atoms with Gasteiger partial charge in [-0.3, -0.25) is 4.79 Å². The summed E-state index contributed by atoms with van der Waals surface area (Å²) >= 11 is 0. The van der Waals surface area contributed by atoms with Gasteiger partial charge in [-0.1, -0.05) is 17.7 Å². The molecule has 0 amide bonds. The fourth-order valence-corrected chi connectivity index (χ4v) is 5.26. The maximum Gasteiger partial charge on any atom is 0.314 e. The summed E-state index contributed by atoms with van der Waals surface area (Å²) in [5, 5.41) is 0. The molecular formula is C22H25NO6S. The third kappa shape index (κ3) is 4.15. The van der Waals surface area contributed by atoms with E-state index in [0.717, 1.165) is 11.1 Å². The van der Waals surface area contributed by atoms with E-state index in [1.165, 1.54) is 16.4 Å². The van der Waals surface area contributed by atoms with E-state index in [9.17, 15) is 13.2 Å². The van der Waals surface area contributed by atoms with E-state index in [1.54, 1.807) is 12.1 Å². The van der Waals surface area contributed by atoms with Gasteiger partial charge in [-0.25, -0.2) is 8.42 Å². The van der Waals surface area contributed by atoms with Gasteiger partial charge in [0.2, 0.25) is 10.0 Å². The van der Waals surface area contributed by atoms with Gasteiger partial charge in [0.05, 0.1) is 10.8 Å². The summed E-state index contributed by atoms with van der Waals surface area (Å²) in [7, 11) is -3.67. The Morgan fingerprint density at radius 3 is 2.40 bits per heavy atom. The number of carbonyl (C=O) groups excluding carboxylic acids is 1. The van der Waals surface area contributed by atoms with Gasteiger partial charge >= 0.3 is 5.97 Å². The van der Waals surface area contributed by atoms with Crippen LogP contribution in [0, 0.1) is 19.8 Å². The van der Waals surface area contributed by atoms with Crippen molar-refractivity contribution in [2.75, 3.05) is 26.3 Å². The fraction of sp³-hybridized carbons (Fsp3) is 0.409. The third-order valence-corrected chi connectivity index (χ3v) is 7.37. The standard InChI is InChI=1S/C22H25NO6S/c1-15-3-5-19(16(2)13-15)29-22(24)17-7-9-23(10-8-17)30(25,26)18-4-6-20-21(14-18)28-12-11-27-20/h3-6,13-14,17H,7-12H2,1-2H3. The van der Waals surface area contributed by atoms with Crippen molar-refractivity contribution in [3.8, 4) is 17.2 Å². The van der Waals surface area contributed by atoms with Crippen LogP contribution in [0.3, 0.4) is 0 Å². The first-order valence-electron chi connectivity index (χ1n) is 10.0. The largest absolute Gasteiger partial charge is 0.486 e. The number of ether oxygens (including phenoxy) is 3. The highest BCUT2D eigenvalue weighted by Gasteiger charge is 2.33. The summed E-state index contributed by atoms with van der Waals surface area (Å²) in [5.74, 6) is 0.912. The highest BCUT2D eigenvalue weighted by molar-refractivity contribution is 7.89. The van der Waals surface area contributed by atoms with Crippen molar-refractivity contribution >= 4 is 16.0 Å². The topological polar surface area (TPSA) is 82.1 Å². The van der Waals surface area contributed by atoms with Gasteiger partial charge in [0, 0.05) is 19.2 Å². The molecule has 2 heterocycles. The summed E-state index contributed by atoms with van der Waals surface area (Å²) in [4.78, 5) is 12.7. The first-order chi connectivity index (χ1) is 14.3. The van der Waals surface area contributed by atoms with Crippen LogP contribution in [0.25, 0.3) is 0 Å². The maximum atomic E-state index is 13.0. The van der Waals surface area contributed by atoms with Gasteiger partial charge in [-0.2, -0.15) is 4.31 Å². The number of hydrogen-bond donors (Lipinski definition) is 0. The van der Waals surface area contributed by atoms with E-state index in [-0.39, 0.29) is 29.9 Å². The van der Waals surface area contributed by atoms with Crippen LogP contribution >= 0.6 is 0 Å². The Morgan fingerprint density at radius 1 is 1.00 bits per heavy atom. The zero-order valence-electron chi connectivity index (χ0n) is 17.1. The molecule has 7 nitrogen and oxygen atoms in total. The predicted molar refractivity (Wildman–Crippen MR) is 110 cm³/mol. The quantitative estimate of drug-likeness (QED) is 0.547. The number of nitrogens with zero attached hydrogens (tertiary/aromatic N) is 1. The molecule has 0 radical (unpaired) electrons. The molecule has 0 aliphatic carbocycles. The normalized spacial score (nSPS) is 17.5. The zero-order chi connectivity index (χ0) is 21.3. The Morgan fingerprint density at radius 2 is 1.70 bits per heavy atom. The Bertz CT molecular complexity index is 1060. The van der Waals surface area contributed by atoms with E-state index in [4.69, 9.17) is 14.2 Å². The van der Waals surface area contributed by atoms with Crippen molar-refractivity contribution in [3.05, 3.63) is 47.5 Å². The second-order valence-electron chi connectivity index (χ2n) is 7.67. The number of esters is 1. The molecule has 0 spiro atoms. The number of piperidine rings is 1. The van der Waals surface area contributed by atoms with Crippen LogP contribution < -0.4 is 14.2 Å². The Kier molecular flexibility index (Phi) is 5.71. The summed E-state index contributed by atoms with van der Waals surface area (Å²) in [5.41, 5.74) is 2.01. The number of benzene rings is 2. The monoisotopic (exact) mass is 431 g/mol. The summed E-state index contributed by atoms with van der Waals surface area (Å²) < 4.78 is 44.0. The fourth-order valence-electron chi connectivity index (χ4n) is 3.77. The molecule has 1 saturated heterocycles. The van der Waals surface area contributed by atoms with Crippen LogP contribution in [0.15, 0.2) is 41.3 Å². The second-order valence-corrected chi connectivity index (χ2v) is 9.61. The molecule has 4 rings (SSSR count). The molecule has 2 aliphatic rings. The molecule has 160 valence electrons. The molecule has 0 saturated carbocycles.